The van der Waals surface area contributed by atoms with Crippen molar-refractivity contribution in [1.29, 1.82) is 0 Å². The van der Waals surface area contributed by atoms with E-state index in [1.807, 2.05) is 0 Å². The first kappa shape index (κ1) is 13.1. The van der Waals surface area contributed by atoms with E-state index < -0.39 is 21.2 Å². The Morgan fingerprint density at radius 3 is 2.44 bits per heavy atom. The van der Waals surface area contributed by atoms with E-state index in [2.05, 4.69) is 0 Å². The molecule has 4 nitrogen and oxygen atoms in total. The summed E-state index contributed by atoms with van der Waals surface area (Å²) in [5, 5.41) is 9.44. The Hall–Kier alpha value is -1.33. The smallest absolute Gasteiger partial charge is 0.314 e. The molecule has 1 N–H and O–H groups in total. The Labute approximate surface area is 110 Å². The van der Waals surface area contributed by atoms with Crippen molar-refractivity contribution in [1.82, 2.24) is 0 Å². The van der Waals surface area contributed by atoms with Gasteiger partial charge in [-0.1, -0.05) is 17.7 Å². The van der Waals surface area contributed by atoms with Crippen LogP contribution in [0.25, 0.3) is 6.08 Å². The van der Waals surface area contributed by atoms with Crippen molar-refractivity contribution < 1.29 is 18.3 Å². The minimum atomic E-state index is -3.78. The molecule has 0 spiro atoms. The van der Waals surface area contributed by atoms with Crippen molar-refractivity contribution in [2.45, 2.75) is 18.7 Å². The van der Waals surface area contributed by atoms with Crippen LogP contribution >= 0.6 is 11.6 Å². The summed E-state index contributed by atoms with van der Waals surface area (Å²) in [6.07, 6.45) is 1.35. The van der Waals surface area contributed by atoms with Gasteiger partial charge in [-0.15, -0.1) is 0 Å². The molecule has 6 heteroatoms. The van der Waals surface area contributed by atoms with E-state index in [4.69, 9.17) is 16.7 Å². The van der Waals surface area contributed by atoms with Crippen LogP contribution in [0.2, 0.25) is 5.02 Å². The highest BCUT2D eigenvalue weighted by Gasteiger charge is 2.44. The first-order chi connectivity index (χ1) is 8.19. The number of carbonyl (C=O) groups is 1. The second-order valence-corrected chi connectivity index (χ2v) is 6.89. The Bertz CT molecular complexity index is 671. The summed E-state index contributed by atoms with van der Waals surface area (Å²) in [7, 11) is -3.78. The number of hydrogen-bond donors (Lipinski definition) is 1. The van der Waals surface area contributed by atoms with E-state index in [9.17, 15) is 13.2 Å². The molecular weight excluding hydrogens is 276 g/mol. The molecule has 1 aromatic rings. The zero-order valence-electron chi connectivity index (χ0n) is 9.77. The van der Waals surface area contributed by atoms with Crippen LogP contribution in [-0.4, -0.2) is 19.5 Å². The maximum Gasteiger partial charge on any atom is 0.314 e. The van der Waals surface area contributed by atoms with E-state index in [0.29, 0.717) is 10.6 Å². The second-order valence-electron chi connectivity index (χ2n) is 4.59. The Kier molecular flexibility index (Phi) is 2.79. The monoisotopic (exact) mass is 286 g/mol. The topological polar surface area (TPSA) is 71.4 Å². The normalized spacial score (nSPS) is 17.2. The highest BCUT2D eigenvalue weighted by Crippen LogP contribution is 2.44. The fourth-order valence-electron chi connectivity index (χ4n) is 1.84. The van der Waals surface area contributed by atoms with Gasteiger partial charge in [0.2, 0.25) is 9.84 Å². The molecule has 1 aliphatic rings. The van der Waals surface area contributed by atoms with Gasteiger partial charge in [0.25, 0.3) is 0 Å². The molecule has 0 atom stereocenters. The molecule has 1 aliphatic heterocycles. The van der Waals surface area contributed by atoms with E-state index in [1.165, 1.54) is 32.1 Å². The van der Waals surface area contributed by atoms with Crippen LogP contribution in [0.4, 0.5) is 0 Å². The van der Waals surface area contributed by atoms with Crippen molar-refractivity contribution >= 4 is 33.5 Å². The van der Waals surface area contributed by atoms with Crippen LogP contribution in [0.1, 0.15) is 19.4 Å². The van der Waals surface area contributed by atoms with E-state index in [1.54, 1.807) is 6.07 Å². The second kappa shape index (κ2) is 3.83. The Morgan fingerprint density at radius 2 is 1.94 bits per heavy atom. The number of benzene rings is 1. The van der Waals surface area contributed by atoms with Gasteiger partial charge in [0.05, 0.1) is 15.2 Å². The van der Waals surface area contributed by atoms with Crippen molar-refractivity contribution in [3.63, 3.8) is 0 Å². The fraction of sp³-hybridized carbons (Fsp3) is 0.250. The molecule has 0 saturated carbocycles. The zero-order chi connectivity index (χ0) is 13.7. The molecule has 2 rings (SSSR count). The number of aliphatic carboxylic acids is 1. The standard InChI is InChI=1S/C12H11ClO4S/c1-12(2,11(14)15)10-6-7-8(13)4-3-5-9(7)18(10,16)17/h3-6H,1-2H3,(H,14,15). The molecule has 0 fully saturated rings. The lowest BCUT2D eigenvalue weighted by molar-refractivity contribution is -0.144. The largest absolute Gasteiger partial charge is 0.481 e. The molecule has 0 aromatic heterocycles. The highest BCUT2D eigenvalue weighted by atomic mass is 35.5. The van der Waals surface area contributed by atoms with Gasteiger partial charge in [0.15, 0.2) is 0 Å². The molecule has 0 unspecified atom stereocenters. The third-order valence-electron chi connectivity index (χ3n) is 3.02. The van der Waals surface area contributed by atoms with Gasteiger partial charge >= 0.3 is 5.97 Å². The number of fused-ring (bicyclic) bond motifs is 1. The van der Waals surface area contributed by atoms with Gasteiger partial charge in [-0.3, -0.25) is 4.79 Å². The van der Waals surface area contributed by atoms with Crippen LogP contribution in [0.3, 0.4) is 0 Å². The molecule has 1 aromatic carbocycles. The van der Waals surface area contributed by atoms with Crippen LogP contribution < -0.4 is 0 Å². The van der Waals surface area contributed by atoms with Gasteiger partial charge < -0.3 is 5.11 Å². The van der Waals surface area contributed by atoms with Crippen LogP contribution in [0, 0.1) is 5.41 Å². The van der Waals surface area contributed by atoms with Gasteiger partial charge in [-0.25, -0.2) is 8.42 Å². The Morgan fingerprint density at radius 1 is 1.33 bits per heavy atom. The summed E-state index contributed by atoms with van der Waals surface area (Å²) < 4.78 is 24.6. The molecule has 0 saturated heterocycles. The van der Waals surface area contributed by atoms with Crippen molar-refractivity contribution in [3.8, 4) is 0 Å². The first-order valence-corrected chi connectivity index (χ1v) is 7.04. The maximum atomic E-state index is 12.3. The van der Waals surface area contributed by atoms with Crippen molar-refractivity contribution in [3.05, 3.63) is 33.7 Å². The van der Waals surface area contributed by atoms with Gasteiger partial charge in [-0.2, -0.15) is 0 Å². The summed E-state index contributed by atoms with van der Waals surface area (Å²) >= 11 is 5.94. The summed E-state index contributed by atoms with van der Waals surface area (Å²) in [5.74, 6) is -1.19. The van der Waals surface area contributed by atoms with Crippen LogP contribution in [0.15, 0.2) is 28.0 Å². The third kappa shape index (κ3) is 1.66. The molecule has 0 radical (unpaired) electrons. The number of sulfone groups is 1. The molecule has 96 valence electrons. The molecule has 1 heterocycles. The number of hydrogen-bond acceptors (Lipinski definition) is 3. The summed E-state index contributed by atoms with van der Waals surface area (Å²) in [4.78, 5) is 11.1. The molecular formula is C12H11ClO4S. The number of halogens is 1. The van der Waals surface area contributed by atoms with Crippen molar-refractivity contribution in [2.24, 2.45) is 5.41 Å². The molecule has 0 bridgehead atoms. The fourth-order valence-corrected chi connectivity index (χ4v) is 4.11. The average molecular weight is 287 g/mol. The van der Waals surface area contributed by atoms with Gasteiger partial charge in [0, 0.05) is 10.6 Å². The summed E-state index contributed by atoms with van der Waals surface area (Å²) in [5.41, 5.74) is -1.12. The molecule has 0 aliphatic carbocycles. The Balaban J connectivity index is 2.74. The number of rotatable bonds is 2. The lowest BCUT2D eigenvalue weighted by Crippen LogP contribution is -2.28. The third-order valence-corrected chi connectivity index (χ3v) is 5.49. The van der Waals surface area contributed by atoms with Gasteiger partial charge in [-0.05, 0) is 32.1 Å². The number of carboxylic acid groups (broad SMARTS) is 1. The highest BCUT2D eigenvalue weighted by molar-refractivity contribution is 7.96. The minimum absolute atomic E-state index is 0.0688. The van der Waals surface area contributed by atoms with E-state index >= 15 is 0 Å². The zero-order valence-corrected chi connectivity index (χ0v) is 11.3. The van der Waals surface area contributed by atoms with E-state index in [-0.39, 0.29) is 9.80 Å². The average Bonchev–Trinajstić information content (AvgIpc) is 2.53. The first-order valence-electron chi connectivity index (χ1n) is 5.18. The van der Waals surface area contributed by atoms with E-state index in [0.717, 1.165) is 0 Å². The maximum absolute atomic E-state index is 12.3. The quantitative estimate of drug-likeness (QED) is 0.907. The van der Waals surface area contributed by atoms with Crippen LogP contribution in [0.5, 0.6) is 0 Å². The predicted molar refractivity (Wildman–Crippen MR) is 68.0 cm³/mol. The van der Waals surface area contributed by atoms with Crippen molar-refractivity contribution in [2.75, 3.05) is 0 Å². The summed E-state index contributed by atoms with van der Waals surface area (Å²) in [6, 6.07) is 4.53. The summed E-state index contributed by atoms with van der Waals surface area (Å²) in [6.45, 7) is 2.72. The predicted octanol–water partition coefficient (Wildman–Crippen LogP) is 2.58. The van der Waals surface area contributed by atoms with Gasteiger partial charge in [0.1, 0.15) is 0 Å². The molecule has 18 heavy (non-hydrogen) atoms. The minimum Gasteiger partial charge on any atom is -0.481 e. The van der Waals surface area contributed by atoms with Crippen LogP contribution in [-0.2, 0) is 14.6 Å². The lowest BCUT2D eigenvalue weighted by Gasteiger charge is -2.20. The molecule has 0 amide bonds. The lowest BCUT2D eigenvalue weighted by atomic mass is 9.92. The SMILES string of the molecule is CC(C)(C(=O)O)C1=Cc2c(Cl)cccc2S1(=O)=O. The number of carboxylic acids is 1.